The van der Waals surface area contributed by atoms with E-state index in [1.807, 2.05) is 18.2 Å². The highest BCUT2D eigenvalue weighted by Crippen LogP contribution is 2.27. The summed E-state index contributed by atoms with van der Waals surface area (Å²) in [6.07, 6.45) is 5.93. The molecule has 110 valence electrons. The predicted molar refractivity (Wildman–Crippen MR) is 81.1 cm³/mol. The van der Waals surface area contributed by atoms with Crippen molar-refractivity contribution in [2.45, 2.75) is 46.0 Å². The van der Waals surface area contributed by atoms with Crippen molar-refractivity contribution in [1.29, 1.82) is 0 Å². The Morgan fingerprint density at radius 1 is 1.10 bits per heavy atom. The van der Waals surface area contributed by atoms with Gasteiger partial charge in [-0.15, -0.1) is 0 Å². The maximum atomic E-state index is 11.5. The minimum Gasteiger partial charge on any atom is -0.490 e. The number of carbonyl (C=O) groups is 1. The molecule has 0 bridgehead atoms. The first-order chi connectivity index (χ1) is 9.65. The summed E-state index contributed by atoms with van der Waals surface area (Å²) < 4.78 is 10.9. The van der Waals surface area contributed by atoms with E-state index in [2.05, 4.69) is 13.5 Å². The smallest absolute Gasteiger partial charge is 0.338 e. The first-order valence-corrected chi connectivity index (χ1v) is 7.24. The van der Waals surface area contributed by atoms with Crippen LogP contribution in [0.1, 0.15) is 46.0 Å². The molecule has 0 amide bonds. The van der Waals surface area contributed by atoms with Crippen LogP contribution in [0.5, 0.6) is 11.5 Å². The van der Waals surface area contributed by atoms with Crippen molar-refractivity contribution >= 4 is 5.97 Å². The topological polar surface area (TPSA) is 35.5 Å². The summed E-state index contributed by atoms with van der Waals surface area (Å²) >= 11 is 0. The van der Waals surface area contributed by atoms with E-state index in [-0.39, 0.29) is 0 Å². The van der Waals surface area contributed by atoms with Crippen molar-refractivity contribution in [3.05, 3.63) is 36.4 Å². The van der Waals surface area contributed by atoms with E-state index in [1.165, 1.54) is 25.7 Å². The summed E-state index contributed by atoms with van der Waals surface area (Å²) in [5.41, 5.74) is 0.374. The third kappa shape index (κ3) is 5.91. The average Bonchev–Trinajstić information content (AvgIpc) is 2.44. The predicted octanol–water partition coefficient (Wildman–Crippen LogP) is 4.52. The third-order valence-electron chi connectivity index (χ3n) is 2.91. The number of hydrogen-bond donors (Lipinski definition) is 0. The molecule has 3 nitrogen and oxygen atoms in total. The lowest BCUT2D eigenvalue weighted by molar-refractivity contribution is -0.130. The molecule has 0 atom stereocenters. The lowest BCUT2D eigenvalue weighted by atomic mass is 10.2. The molecule has 0 aliphatic carbocycles. The maximum Gasteiger partial charge on any atom is 0.338 e. The van der Waals surface area contributed by atoms with Crippen LogP contribution >= 0.6 is 0 Å². The summed E-state index contributed by atoms with van der Waals surface area (Å²) in [6.45, 7) is 8.04. The number of hydrogen-bond acceptors (Lipinski definition) is 3. The van der Waals surface area contributed by atoms with Crippen molar-refractivity contribution in [2.24, 2.45) is 0 Å². The third-order valence-corrected chi connectivity index (χ3v) is 2.91. The Morgan fingerprint density at radius 2 is 1.75 bits per heavy atom. The number of para-hydroxylation sites is 2. The summed E-state index contributed by atoms with van der Waals surface area (Å²) in [4.78, 5) is 11.5. The van der Waals surface area contributed by atoms with Crippen molar-refractivity contribution in [2.75, 3.05) is 6.61 Å². The Labute approximate surface area is 121 Å². The Morgan fingerprint density at radius 3 is 2.40 bits per heavy atom. The number of esters is 1. The van der Waals surface area contributed by atoms with Gasteiger partial charge in [0.15, 0.2) is 11.5 Å². The first-order valence-electron chi connectivity index (χ1n) is 7.24. The quantitative estimate of drug-likeness (QED) is 0.288. The van der Waals surface area contributed by atoms with Crippen LogP contribution in [0.25, 0.3) is 0 Å². The fraction of sp³-hybridized carbons (Fsp3) is 0.471. The molecular formula is C17H24O3. The number of unbranched alkanes of at least 4 members (excludes halogenated alkanes) is 4. The highest BCUT2D eigenvalue weighted by atomic mass is 16.6. The number of benzene rings is 1. The molecule has 0 saturated heterocycles. The monoisotopic (exact) mass is 276 g/mol. The number of carbonyl (C=O) groups excluding carboxylic acids is 1. The van der Waals surface area contributed by atoms with Crippen LogP contribution in [0.15, 0.2) is 36.4 Å². The molecule has 0 aliphatic heterocycles. The standard InChI is InChI=1S/C17H24O3/c1-4-5-6-7-10-13-19-15-11-8-9-12-16(15)20-17(18)14(2)3/h8-9,11-12H,2,4-7,10,13H2,1,3H3. The maximum absolute atomic E-state index is 11.5. The second-order valence-corrected chi connectivity index (χ2v) is 4.88. The van der Waals surface area contributed by atoms with Crippen molar-refractivity contribution in [1.82, 2.24) is 0 Å². The first kappa shape index (κ1) is 16.3. The van der Waals surface area contributed by atoms with Crippen LogP contribution in [0.3, 0.4) is 0 Å². The molecule has 0 radical (unpaired) electrons. The fourth-order valence-electron chi connectivity index (χ4n) is 1.73. The zero-order chi connectivity index (χ0) is 14.8. The minimum absolute atomic E-state index is 0.374. The lowest BCUT2D eigenvalue weighted by Crippen LogP contribution is -2.09. The molecule has 0 aliphatic rings. The normalized spacial score (nSPS) is 10.1. The molecule has 1 aromatic carbocycles. The van der Waals surface area contributed by atoms with Crippen LogP contribution in [-0.4, -0.2) is 12.6 Å². The Bertz CT molecular complexity index is 438. The molecule has 0 aromatic heterocycles. The van der Waals surface area contributed by atoms with E-state index in [1.54, 1.807) is 13.0 Å². The van der Waals surface area contributed by atoms with Gasteiger partial charge in [0.25, 0.3) is 0 Å². The molecule has 20 heavy (non-hydrogen) atoms. The van der Waals surface area contributed by atoms with Gasteiger partial charge in [-0.25, -0.2) is 4.79 Å². The van der Waals surface area contributed by atoms with Crippen LogP contribution in [0, 0.1) is 0 Å². The van der Waals surface area contributed by atoms with Gasteiger partial charge in [0.2, 0.25) is 0 Å². The number of rotatable bonds is 9. The molecule has 0 unspecified atom stereocenters. The molecule has 0 saturated carbocycles. The van der Waals surface area contributed by atoms with E-state index >= 15 is 0 Å². The lowest BCUT2D eigenvalue weighted by Gasteiger charge is -2.11. The molecule has 3 heteroatoms. The average molecular weight is 276 g/mol. The summed E-state index contributed by atoms with van der Waals surface area (Å²) in [6, 6.07) is 7.22. The zero-order valence-corrected chi connectivity index (χ0v) is 12.5. The molecule has 1 rings (SSSR count). The highest BCUT2D eigenvalue weighted by molar-refractivity contribution is 5.89. The Balaban J connectivity index is 2.45. The van der Waals surface area contributed by atoms with E-state index in [4.69, 9.17) is 9.47 Å². The Hall–Kier alpha value is -1.77. The second kappa shape index (κ2) is 9.18. The molecule has 0 fully saturated rings. The number of ether oxygens (including phenoxy) is 2. The van der Waals surface area contributed by atoms with Crippen molar-refractivity contribution < 1.29 is 14.3 Å². The van der Waals surface area contributed by atoms with E-state index in [0.29, 0.717) is 23.7 Å². The van der Waals surface area contributed by atoms with Crippen LogP contribution in [0.4, 0.5) is 0 Å². The van der Waals surface area contributed by atoms with E-state index in [0.717, 1.165) is 6.42 Å². The van der Waals surface area contributed by atoms with Gasteiger partial charge in [0.1, 0.15) is 0 Å². The molecule has 0 N–H and O–H groups in total. The molecule has 1 aromatic rings. The van der Waals surface area contributed by atoms with Gasteiger partial charge < -0.3 is 9.47 Å². The van der Waals surface area contributed by atoms with Crippen LogP contribution in [-0.2, 0) is 4.79 Å². The Kier molecular flexibility index (Phi) is 7.48. The van der Waals surface area contributed by atoms with Gasteiger partial charge in [0, 0.05) is 5.57 Å². The molecular weight excluding hydrogens is 252 g/mol. The molecule has 0 heterocycles. The zero-order valence-electron chi connectivity index (χ0n) is 12.5. The largest absolute Gasteiger partial charge is 0.490 e. The minimum atomic E-state index is -0.427. The van der Waals surface area contributed by atoms with Crippen LogP contribution in [0.2, 0.25) is 0 Å². The highest BCUT2D eigenvalue weighted by Gasteiger charge is 2.10. The van der Waals surface area contributed by atoms with Gasteiger partial charge in [-0.2, -0.15) is 0 Å². The summed E-state index contributed by atoms with van der Waals surface area (Å²) in [7, 11) is 0. The van der Waals surface area contributed by atoms with Gasteiger partial charge in [0.05, 0.1) is 6.61 Å². The fourth-order valence-corrected chi connectivity index (χ4v) is 1.73. The SMILES string of the molecule is C=C(C)C(=O)Oc1ccccc1OCCCCCCC. The van der Waals surface area contributed by atoms with Gasteiger partial charge in [-0.3, -0.25) is 0 Å². The van der Waals surface area contributed by atoms with Gasteiger partial charge in [-0.1, -0.05) is 51.3 Å². The van der Waals surface area contributed by atoms with Crippen molar-refractivity contribution in [3.8, 4) is 11.5 Å². The van der Waals surface area contributed by atoms with Crippen LogP contribution < -0.4 is 9.47 Å². The van der Waals surface area contributed by atoms with E-state index in [9.17, 15) is 4.79 Å². The second-order valence-electron chi connectivity index (χ2n) is 4.88. The van der Waals surface area contributed by atoms with Gasteiger partial charge in [-0.05, 0) is 25.5 Å². The summed E-state index contributed by atoms with van der Waals surface area (Å²) in [5, 5.41) is 0. The molecule has 0 spiro atoms. The van der Waals surface area contributed by atoms with Crippen molar-refractivity contribution in [3.63, 3.8) is 0 Å². The summed E-state index contributed by atoms with van der Waals surface area (Å²) in [5.74, 6) is 0.635. The van der Waals surface area contributed by atoms with Gasteiger partial charge >= 0.3 is 5.97 Å². The van der Waals surface area contributed by atoms with E-state index < -0.39 is 5.97 Å².